The number of halogens is 1. The average molecular weight is 427 g/mol. The largest absolute Gasteiger partial charge is 0.495 e. The van der Waals surface area contributed by atoms with Gasteiger partial charge in [-0.2, -0.15) is 4.31 Å². The first-order valence-electron chi connectivity index (χ1n) is 8.63. The van der Waals surface area contributed by atoms with Crippen molar-refractivity contribution in [1.29, 1.82) is 0 Å². The molecule has 0 aromatic heterocycles. The minimum atomic E-state index is -4.08. The molecule has 1 amide bonds. The van der Waals surface area contributed by atoms with E-state index in [1.54, 1.807) is 24.3 Å². The first-order chi connectivity index (χ1) is 13.4. The fourth-order valence-electron chi connectivity index (χ4n) is 2.53. The summed E-state index contributed by atoms with van der Waals surface area (Å²) in [6, 6.07) is 13.3. The molecule has 0 aliphatic heterocycles. The van der Waals surface area contributed by atoms with Crippen LogP contribution in [0.5, 0.6) is 5.75 Å². The molecule has 0 spiro atoms. The third kappa shape index (κ3) is 5.93. The van der Waals surface area contributed by atoms with Crippen molar-refractivity contribution in [2.45, 2.75) is 17.9 Å². The van der Waals surface area contributed by atoms with Gasteiger partial charge in [-0.15, -0.1) is 0 Å². The van der Waals surface area contributed by atoms with Crippen molar-refractivity contribution >= 4 is 27.5 Å². The summed E-state index contributed by atoms with van der Waals surface area (Å²) in [5.41, 5.74) is 0.732. The highest BCUT2D eigenvalue weighted by Gasteiger charge is 2.30. The molecule has 0 heterocycles. The Morgan fingerprint density at radius 3 is 2.57 bits per heavy atom. The van der Waals surface area contributed by atoms with Crippen LogP contribution in [0.15, 0.2) is 53.4 Å². The van der Waals surface area contributed by atoms with Crippen LogP contribution in [0.2, 0.25) is 5.02 Å². The Bertz CT molecular complexity index is 890. The fraction of sp³-hybridized carbons (Fsp3) is 0.316. The Morgan fingerprint density at radius 2 is 1.93 bits per heavy atom. The second kappa shape index (κ2) is 10.4. The zero-order chi connectivity index (χ0) is 20.6. The summed E-state index contributed by atoms with van der Waals surface area (Å²) in [6.45, 7) is -0.175. The van der Waals surface area contributed by atoms with E-state index in [9.17, 15) is 13.2 Å². The highest BCUT2D eigenvalue weighted by Crippen LogP contribution is 2.30. The third-order valence-electron chi connectivity index (χ3n) is 3.92. The smallest absolute Gasteiger partial charge is 0.247 e. The normalized spacial score (nSPS) is 11.4. The lowest BCUT2D eigenvalue weighted by Crippen LogP contribution is -2.40. The predicted molar refractivity (Wildman–Crippen MR) is 107 cm³/mol. The van der Waals surface area contributed by atoms with Gasteiger partial charge in [-0.05, 0) is 30.2 Å². The molecule has 0 fully saturated rings. The van der Waals surface area contributed by atoms with Crippen LogP contribution < -0.4 is 10.1 Å². The maximum Gasteiger partial charge on any atom is 0.247 e. The second-order valence-corrected chi connectivity index (χ2v) is 8.32. The number of hydrogen-bond acceptors (Lipinski definition) is 5. The SMILES string of the molecule is COc1ccc(Cl)cc1S(=O)(=O)N(CC(=O)NCCCO)Cc1ccccc1. The second-order valence-electron chi connectivity index (χ2n) is 5.98. The van der Waals surface area contributed by atoms with Gasteiger partial charge in [0.15, 0.2) is 0 Å². The van der Waals surface area contributed by atoms with E-state index >= 15 is 0 Å². The molecule has 28 heavy (non-hydrogen) atoms. The van der Waals surface area contributed by atoms with Crippen LogP contribution in [0.3, 0.4) is 0 Å². The summed E-state index contributed by atoms with van der Waals surface area (Å²) in [5.74, 6) is -0.322. The maximum atomic E-state index is 13.3. The van der Waals surface area contributed by atoms with E-state index in [0.29, 0.717) is 6.42 Å². The molecule has 2 aromatic carbocycles. The minimum absolute atomic E-state index is 0.00621. The standard InChI is InChI=1S/C19H23ClN2O5S/c1-27-17-9-8-16(20)12-18(17)28(25,26)22(13-15-6-3-2-4-7-15)14-19(24)21-10-5-11-23/h2-4,6-9,12,23H,5,10-11,13-14H2,1H3,(H,21,24). The van der Waals surface area contributed by atoms with Crippen molar-refractivity contribution < 1.29 is 23.1 Å². The van der Waals surface area contributed by atoms with Crippen LogP contribution in [0.1, 0.15) is 12.0 Å². The van der Waals surface area contributed by atoms with Gasteiger partial charge >= 0.3 is 0 Å². The molecule has 9 heteroatoms. The molecule has 152 valence electrons. The number of rotatable bonds is 10. The number of hydrogen-bond donors (Lipinski definition) is 2. The number of aliphatic hydroxyl groups is 1. The molecular formula is C19H23ClN2O5S. The molecule has 0 aliphatic carbocycles. The monoisotopic (exact) mass is 426 g/mol. The lowest BCUT2D eigenvalue weighted by Gasteiger charge is -2.23. The number of sulfonamides is 1. The van der Waals surface area contributed by atoms with Crippen LogP contribution in [0.4, 0.5) is 0 Å². The van der Waals surface area contributed by atoms with E-state index in [-0.39, 0.29) is 41.9 Å². The molecule has 2 rings (SSSR count). The Kier molecular flexibility index (Phi) is 8.25. The summed E-state index contributed by atoms with van der Waals surface area (Å²) in [6.07, 6.45) is 0.388. The molecule has 0 saturated carbocycles. The number of carbonyl (C=O) groups is 1. The Hall–Kier alpha value is -2.13. The molecule has 7 nitrogen and oxygen atoms in total. The van der Waals surface area contributed by atoms with Gasteiger partial charge in [0.2, 0.25) is 15.9 Å². The van der Waals surface area contributed by atoms with E-state index in [1.807, 2.05) is 6.07 Å². The highest BCUT2D eigenvalue weighted by molar-refractivity contribution is 7.89. The van der Waals surface area contributed by atoms with Gasteiger partial charge in [0.05, 0.1) is 13.7 Å². The summed E-state index contributed by atoms with van der Waals surface area (Å²) in [7, 11) is -2.71. The minimum Gasteiger partial charge on any atom is -0.495 e. The number of aliphatic hydroxyl groups excluding tert-OH is 1. The average Bonchev–Trinajstić information content (AvgIpc) is 2.68. The zero-order valence-electron chi connectivity index (χ0n) is 15.5. The van der Waals surface area contributed by atoms with Gasteiger partial charge in [0.25, 0.3) is 0 Å². The Balaban J connectivity index is 2.36. The number of carbonyl (C=O) groups excluding carboxylic acids is 1. The van der Waals surface area contributed by atoms with E-state index in [4.69, 9.17) is 21.4 Å². The van der Waals surface area contributed by atoms with Crippen LogP contribution in [0, 0.1) is 0 Å². The first kappa shape index (κ1) is 22.2. The first-order valence-corrected chi connectivity index (χ1v) is 10.5. The molecular weight excluding hydrogens is 404 g/mol. The van der Waals surface area contributed by atoms with Crippen molar-refractivity contribution in [2.75, 3.05) is 26.8 Å². The van der Waals surface area contributed by atoms with Gasteiger partial charge in [-0.3, -0.25) is 4.79 Å². The summed E-state index contributed by atoms with van der Waals surface area (Å²) in [5, 5.41) is 11.7. The molecule has 0 atom stereocenters. The van der Waals surface area contributed by atoms with Crippen molar-refractivity contribution in [3.63, 3.8) is 0 Å². The number of ether oxygens (including phenoxy) is 1. The number of nitrogens with zero attached hydrogens (tertiary/aromatic N) is 1. The van der Waals surface area contributed by atoms with Crippen molar-refractivity contribution in [3.05, 3.63) is 59.1 Å². The number of nitrogens with one attached hydrogen (secondary N) is 1. The predicted octanol–water partition coefficient (Wildman–Crippen LogP) is 2.04. The number of amides is 1. The molecule has 0 aliphatic rings. The van der Waals surface area contributed by atoms with Gasteiger partial charge in [-0.25, -0.2) is 8.42 Å². The Morgan fingerprint density at radius 1 is 1.21 bits per heavy atom. The summed E-state index contributed by atoms with van der Waals surface area (Å²) >= 11 is 5.99. The molecule has 0 unspecified atom stereocenters. The lowest BCUT2D eigenvalue weighted by molar-refractivity contribution is -0.121. The topological polar surface area (TPSA) is 95.9 Å². The number of benzene rings is 2. The van der Waals surface area contributed by atoms with Crippen LogP contribution in [-0.4, -0.2) is 50.5 Å². The molecule has 2 aromatic rings. The lowest BCUT2D eigenvalue weighted by atomic mass is 10.2. The number of methoxy groups -OCH3 is 1. The molecule has 2 N–H and O–H groups in total. The van der Waals surface area contributed by atoms with Crippen LogP contribution in [-0.2, 0) is 21.4 Å². The van der Waals surface area contributed by atoms with E-state index < -0.39 is 15.9 Å². The van der Waals surface area contributed by atoms with Crippen LogP contribution in [0.25, 0.3) is 0 Å². The molecule has 0 saturated heterocycles. The van der Waals surface area contributed by atoms with Crippen molar-refractivity contribution in [3.8, 4) is 5.75 Å². The van der Waals surface area contributed by atoms with E-state index in [1.165, 1.54) is 25.3 Å². The quantitative estimate of drug-likeness (QED) is 0.567. The molecule has 0 bridgehead atoms. The summed E-state index contributed by atoms with van der Waals surface area (Å²) in [4.78, 5) is 12.2. The zero-order valence-corrected chi connectivity index (χ0v) is 17.0. The van der Waals surface area contributed by atoms with Gasteiger partial charge in [0.1, 0.15) is 10.6 Å². The molecule has 0 radical (unpaired) electrons. The highest BCUT2D eigenvalue weighted by atomic mass is 35.5. The maximum absolute atomic E-state index is 13.3. The van der Waals surface area contributed by atoms with Crippen molar-refractivity contribution in [1.82, 2.24) is 9.62 Å². The third-order valence-corrected chi connectivity index (χ3v) is 5.97. The Labute approximate surface area is 169 Å². The van der Waals surface area contributed by atoms with Crippen LogP contribution >= 0.6 is 11.6 Å². The van der Waals surface area contributed by atoms with E-state index in [2.05, 4.69) is 5.32 Å². The van der Waals surface area contributed by atoms with Gasteiger partial charge in [-0.1, -0.05) is 41.9 Å². The fourth-order valence-corrected chi connectivity index (χ4v) is 4.33. The van der Waals surface area contributed by atoms with Gasteiger partial charge in [0, 0.05) is 24.7 Å². The van der Waals surface area contributed by atoms with Gasteiger partial charge < -0.3 is 15.2 Å². The summed E-state index contributed by atoms with van der Waals surface area (Å²) < 4.78 is 32.9. The van der Waals surface area contributed by atoms with E-state index in [0.717, 1.165) is 9.87 Å². The van der Waals surface area contributed by atoms with Crippen molar-refractivity contribution in [2.24, 2.45) is 0 Å².